The summed E-state index contributed by atoms with van der Waals surface area (Å²) in [6.45, 7) is 4.34. The Morgan fingerprint density at radius 2 is 1.66 bits per heavy atom. The zero-order valence-electron chi connectivity index (χ0n) is 22.9. The van der Waals surface area contributed by atoms with Crippen molar-refractivity contribution in [3.05, 3.63) is 65.7 Å². The third-order valence-corrected chi connectivity index (χ3v) is 9.18. The van der Waals surface area contributed by atoms with Crippen LogP contribution in [0, 0.1) is 11.3 Å². The highest BCUT2D eigenvalue weighted by molar-refractivity contribution is 5.85. The monoisotopic (exact) mass is 517 g/mol. The van der Waals surface area contributed by atoms with Crippen LogP contribution in [0.2, 0.25) is 0 Å². The third-order valence-electron chi connectivity index (χ3n) is 9.18. The van der Waals surface area contributed by atoms with E-state index in [9.17, 15) is 9.59 Å². The Bertz CT molecular complexity index is 1060. The fourth-order valence-corrected chi connectivity index (χ4v) is 6.64. The summed E-state index contributed by atoms with van der Waals surface area (Å²) >= 11 is 0. The normalized spacial score (nSPS) is 21.0. The first-order valence-electron chi connectivity index (χ1n) is 14.6. The van der Waals surface area contributed by atoms with Gasteiger partial charge in [-0.1, -0.05) is 61.7 Å². The van der Waals surface area contributed by atoms with Crippen molar-refractivity contribution in [3.8, 4) is 5.75 Å². The van der Waals surface area contributed by atoms with E-state index in [4.69, 9.17) is 4.74 Å². The Morgan fingerprint density at radius 3 is 2.34 bits per heavy atom. The molecule has 2 amide bonds. The quantitative estimate of drug-likeness (QED) is 0.488. The number of likely N-dealkylation sites (tertiary alicyclic amines) is 2. The minimum Gasteiger partial charge on any atom is -0.497 e. The van der Waals surface area contributed by atoms with Gasteiger partial charge >= 0.3 is 0 Å². The molecule has 0 aromatic heterocycles. The summed E-state index contributed by atoms with van der Waals surface area (Å²) < 4.78 is 5.26. The lowest BCUT2D eigenvalue weighted by atomic mass is 9.77. The zero-order valence-corrected chi connectivity index (χ0v) is 22.9. The van der Waals surface area contributed by atoms with Gasteiger partial charge in [-0.15, -0.1) is 0 Å². The number of nitrogens with one attached hydrogen (secondary N) is 1. The van der Waals surface area contributed by atoms with E-state index in [1.807, 2.05) is 23.1 Å². The Balaban J connectivity index is 1.14. The van der Waals surface area contributed by atoms with E-state index in [-0.39, 0.29) is 23.3 Å². The van der Waals surface area contributed by atoms with Crippen LogP contribution in [-0.2, 0) is 16.1 Å². The van der Waals surface area contributed by atoms with E-state index in [0.717, 1.165) is 76.0 Å². The number of hydrogen-bond acceptors (Lipinski definition) is 4. The first-order chi connectivity index (χ1) is 18.6. The molecule has 6 nitrogen and oxygen atoms in total. The zero-order chi connectivity index (χ0) is 26.4. The summed E-state index contributed by atoms with van der Waals surface area (Å²) in [4.78, 5) is 31.1. The van der Waals surface area contributed by atoms with Gasteiger partial charge in [0.1, 0.15) is 5.75 Å². The van der Waals surface area contributed by atoms with Gasteiger partial charge in [0.15, 0.2) is 0 Å². The largest absolute Gasteiger partial charge is 0.497 e. The predicted molar refractivity (Wildman–Crippen MR) is 150 cm³/mol. The molecule has 2 heterocycles. The topological polar surface area (TPSA) is 61.9 Å². The van der Waals surface area contributed by atoms with E-state index in [2.05, 4.69) is 46.6 Å². The maximum atomic E-state index is 13.5. The third kappa shape index (κ3) is 6.23. The fourth-order valence-electron chi connectivity index (χ4n) is 6.64. The summed E-state index contributed by atoms with van der Waals surface area (Å²) in [5.74, 6) is 1.56. The van der Waals surface area contributed by atoms with Crippen molar-refractivity contribution in [1.29, 1.82) is 0 Å². The van der Waals surface area contributed by atoms with Gasteiger partial charge in [0, 0.05) is 25.6 Å². The second-order valence-electron chi connectivity index (χ2n) is 11.5. The maximum absolute atomic E-state index is 13.5. The summed E-state index contributed by atoms with van der Waals surface area (Å²) in [5.41, 5.74) is 2.14. The highest BCUT2D eigenvalue weighted by atomic mass is 16.5. The number of piperidine rings is 1. The molecule has 3 fully saturated rings. The number of ether oxygens (including phenoxy) is 1. The van der Waals surface area contributed by atoms with Gasteiger partial charge in [-0.2, -0.15) is 0 Å². The highest BCUT2D eigenvalue weighted by Crippen LogP contribution is 2.42. The summed E-state index contributed by atoms with van der Waals surface area (Å²) in [7, 11) is 1.67. The van der Waals surface area contributed by atoms with Crippen molar-refractivity contribution in [2.24, 2.45) is 11.3 Å². The Hall–Kier alpha value is -2.86. The first-order valence-corrected chi connectivity index (χ1v) is 14.6. The molecule has 0 bridgehead atoms. The van der Waals surface area contributed by atoms with Crippen LogP contribution >= 0.6 is 0 Å². The number of hydrogen-bond donors (Lipinski definition) is 1. The highest BCUT2D eigenvalue weighted by Gasteiger charge is 2.47. The van der Waals surface area contributed by atoms with Gasteiger partial charge in [0.2, 0.25) is 11.8 Å². The minimum absolute atomic E-state index is 0.0367. The lowest BCUT2D eigenvalue weighted by Gasteiger charge is -2.38. The molecule has 2 aromatic rings. The molecule has 0 unspecified atom stereocenters. The SMILES string of the molecule is COc1ccc(CN2CCC3(CCN(CC[C@H](NC(=O)C4CCCCC4)c4ccccc4)CC3)C2=O)cc1. The molecule has 0 radical (unpaired) electrons. The Morgan fingerprint density at radius 1 is 0.974 bits per heavy atom. The molecule has 1 atom stereocenters. The number of benzene rings is 2. The van der Waals surface area contributed by atoms with E-state index in [0.29, 0.717) is 12.5 Å². The average Bonchev–Trinajstić information content (AvgIpc) is 3.27. The van der Waals surface area contributed by atoms with E-state index >= 15 is 0 Å². The molecule has 2 saturated heterocycles. The molecular formula is C32H43N3O3. The van der Waals surface area contributed by atoms with Crippen molar-refractivity contribution >= 4 is 11.8 Å². The molecule has 204 valence electrons. The molecular weight excluding hydrogens is 474 g/mol. The number of methoxy groups -OCH3 is 1. The van der Waals surface area contributed by atoms with Crippen molar-refractivity contribution in [2.75, 3.05) is 33.3 Å². The second-order valence-corrected chi connectivity index (χ2v) is 11.5. The number of carbonyl (C=O) groups is 2. The van der Waals surface area contributed by atoms with Crippen molar-refractivity contribution in [3.63, 3.8) is 0 Å². The van der Waals surface area contributed by atoms with Gasteiger partial charge < -0.3 is 19.9 Å². The predicted octanol–water partition coefficient (Wildman–Crippen LogP) is 5.34. The van der Waals surface area contributed by atoms with Crippen LogP contribution in [0.5, 0.6) is 5.75 Å². The smallest absolute Gasteiger partial charge is 0.229 e. The standard InChI is InChI=1S/C32H43N3O3/c1-38-28-14-12-25(13-15-28)24-35-23-19-32(31(35)37)17-21-34(22-18-32)20-16-29(26-8-4-2-5-9-26)33-30(36)27-10-6-3-7-11-27/h2,4-5,8-9,12-15,27,29H,3,6-7,10-11,16-24H2,1H3,(H,33,36)/t29-/m0/s1. The van der Waals surface area contributed by atoms with Crippen LogP contribution in [0.15, 0.2) is 54.6 Å². The molecule has 1 N–H and O–H groups in total. The number of nitrogens with zero attached hydrogens (tertiary/aromatic N) is 2. The van der Waals surface area contributed by atoms with Gasteiger partial charge in [-0.05, 0) is 74.9 Å². The fraction of sp³-hybridized carbons (Fsp3) is 0.562. The number of amides is 2. The molecule has 38 heavy (non-hydrogen) atoms. The molecule has 1 aliphatic carbocycles. The van der Waals surface area contributed by atoms with E-state index < -0.39 is 0 Å². The van der Waals surface area contributed by atoms with Crippen molar-refractivity contribution in [1.82, 2.24) is 15.1 Å². The van der Waals surface area contributed by atoms with Gasteiger partial charge in [0.25, 0.3) is 0 Å². The van der Waals surface area contributed by atoms with Crippen molar-refractivity contribution in [2.45, 2.75) is 70.4 Å². The molecule has 2 aliphatic heterocycles. The van der Waals surface area contributed by atoms with Gasteiger partial charge in [0.05, 0.1) is 18.6 Å². The molecule has 1 saturated carbocycles. The lowest BCUT2D eigenvalue weighted by Crippen LogP contribution is -2.45. The minimum atomic E-state index is -0.197. The lowest BCUT2D eigenvalue weighted by molar-refractivity contribution is -0.139. The van der Waals surface area contributed by atoms with Crippen LogP contribution in [0.3, 0.4) is 0 Å². The maximum Gasteiger partial charge on any atom is 0.229 e. The molecule has 2 aromatic carbocycles. The summed E-state index contributed by atoms with van der Waals surface area (Å²) in [6.07, 6.45) is 9.33. The van der Waals surface area contributed by atoms with E-state index in [1.165, 1.54) is 24.8 Å². The van der Waals surface area contributed by atoms with Crippen LogP contribution in [0.4, 0.5) is 0 Å². The second kappa shape index (κ2) is 12.3. The van der Waals surface area contributed by atoms with E-state index in [1.54, 1.807) is 7.11 Å². The Kier molecular flexibility index (Phi) is 8.68. The van der Waals surface area contributed by atoms with Crippen LogP contribution in [0.1, 0.15) is 75.0 Å². The van der Waals surface area contributed by atoms with Crippen molar-refractivity contribution < 1.29 is 14.3 Å². The summed E-state index contributed by atoms with van der Waals surface area (Å²) in [5, 5.41) is 3.40. The molecule has 6 heteroatoms. The summed E-state index contributed by atoms with van der Waals surface area (Å²) in [6, 6.07) is 18.5. The number of rotatable bonds is 9. The first kappa shape index (κ1) is 26.7. The van der Waals surface area contributed by atoms with Crippen LogP contribution in [-0.4, -0.2) is 54.9 Å². The van der Waals surface area contributed by atoms with Crippen LogP contribution < -0.4 is 10.1 Å². The van der Waals surface area contributed by atoms with Gasteiger partial charge in [-0.25, -0.2) is 0 Å². The molecule has 5 rings (SSSR count). The molecule has 1 spiro atoms. The van der Waals surface area contributed by atoms with Crippen LogP contribution in [0.25, 0.3) is 0 Å². The molecule has 3 aliphatic rings. The Labute approximate surface area is 227 Å². The average molecular weight is 518 g/mol. The number of carbonyl (C=O) groups excluding carboxylic acids is 2. The van der Waals surface area contributed by atoms with Gasteiger partial charge in [-0.3, -0.25) is 9.59 Å².